The maximum atomic E-state index is 8.17. The molecule has 0 aliphatic heterocycles. The zero-order valence-electron chi connectivity index (χ0n) is 7.80. The van der Waals surface area contributed by atoms with Gasteiger partial charge in [-0.3, -0.25) is 0 Å². The first-order valence-electron chi connectivity index (χ1n) is 4.11. The van der Waals surface area contributed by atoms with Gasteiger partial charge < -0.3 is 26.8 Å². The number of nitrogens with two attached hydrogens (primary N) is 2. The fraction of sp³-hybridized carbons (Fsp3) is 0.333. The van der Waals surface area contributed by atoms with Crippen LogP contribution in [0.5, 0.6) is 0 Å². The standard InChI is InChI=1S/C6H8N2.C3H8O3/c7-5-1-2-6(8)4-3-5;4-1-3(6)2-5/h1-4H,7-8H2;3-6H,1-2H2. The molecule has 0 saturated heterocycles. The fourth-order valence-corrected chi connectivity index (χ4v) is 0.554. The van der Waals surface area contributed by atoms with Crippen molar-refractivity contribution in [2.45, 2.75) is 6.10 Å². The molecule has 0 heterocycles. The van der Waals surface area contributed by atoms with E-state index in [-0.39, 0.29) is 13.2 Å². The number of rotatable bonds is 2. The molecule has 0 unspecified atom stereocenters. The summed E-state index contributed by atoms with van der Waals surface area (Å²) >= 11 is 0. The van der Waals surface area contributed by atoms with Crippen LogP contribution < -0.4 is 11.5 Å². The molecule has 14 heavy (non-hydrogen) atoms. The molecule has 0 aromatic heterocycles. The minimum atomic E-state index is -0.954. The molecule has 0 aliphatic rings. The van der Waals surface area contributed by atoms with E-state index in [2.05, 4.69) is 0 Å². The zero-order valence-corrected chi connectivity index (χ0v) is 7.80. The van der Waals surface area contributed by atoms with E-state index in [4.69, 9.17) is 26.8 Å². The van der Waals surface area contributed by atoms with Crippen molar-refractivity contribution in [3.05, 3.63) is 24.3 Å². The second-order valence-corrected chi connectivity index (χ2v) is 2.69. The summed E-state index contributed by atoms with van der Waals surface area (Å²) in [7, 11) is 0. The topological polar surface area (TPSA) is 113 Å². The largest absolute Gasteiger partial charge is 0.399 e. The van der Waals surface area contributed by atoms with Gasteiger partial charge in [-0.1, -0.05) is 0 Å². The van der Waals surface area contributed by atoms with Gasteiger partial charge in [0.2, 0.25) is 0 Å². The molecule has 1 rings (SSSR count). The van der Waals surface area contributed by atoms with E-state index in [9.17, 15) is 0 Å². The maximum Gasteiger partial charge on any atom is 0.100 e. The number of benzene rings is 1. The number of hydrogen-bond acceptors (Lipinski definition) is 5. The summed E-state index contributed by atoms with van der Waals surface area (Å²) in [6.45, 7) is -0.729. The van der Waals surface area contributed by atoms with Gasteiger partial charge in [-0.2, -0.15) is 0 Å². The summed E-state index contributed by atoms with van der Waals surface area (Å²) in [6.07, 6.45) is -0.954. The molecule has 0 fully saturated rings. The highest BCUT2D eigenvalue weighted by molar-refractivity contribution is 5.47. The molecule has 0 bridgehead atoms. The first kappa shape index (κ1) is 12.7. The lowest BCUT2D eigenvalue weighted by molar-refractivity contribution is 0.0450. The first-order chi connectivity index (χ1) is 6.60. The van der Waals surface area contributed by atoms with Gasteiger partial charge in [0.25, 0.3) is 0 Å². The van der Waals surface area contributed by atoms with Crippen LogP contribution in [0.15, 0.2) is 24.3 Å². The summed E-state index contributed by atoms with van der Waals surface area (Å²) in [5.74, 6) is 0. The van der Waals surface area contributed by atoms with E-state index in [0.717, 1.165) is 11.4 Å². The minimum absolute atomic E-state index is 0.365. The fourth-order valence-electron chi connectivity index (χ4n) is 0.554. The highest BCUT2D eigenvalue weighted by Gasteiger charge is 1.93. The normalized spacial score (nSPS) is 9.43. The van der Waals surface area contributed by atoms with Crippen LogP contribution in [0.4, 0.5) is 11.4 Å². The molecule has 1 aromatic carbocycles. The van der Waals surface area contributed by atoms with Crippen LogP contribution in [-0.2, 0) is 0 Å². The van der Waals surface area contributed by atoms with Gasteiger partial charge in [-0.15, -0.1) is 0 Å². The Hall–Kier alpha value is -1.30. The summed E-state index contributed by atoms with van der Waals surface area (Å²) in [5.41, 5.74) is 12.2. The SMILES string of the molecule is Nc1ccc(N)cc1.OCC(O)CO. The van der Waals surface area contributed by atoms with Gasteiger partial charge >= 0.3 is 0 Å². The molecule has 0 saturated carbocycles. The molecule has 1 aromatic rings. The van der Waals surface area contributed by atoms with Crippen molar-refractivity contribution in [2.75, 3.05) is 24.7 Å². The molecule has 7 N–H and O–H groups in total. The Kier molecular flexibility index (Phi) is 6.47. The van der Waals surface area contributed by atoms with Gasteiger partial charge in [0.05, 0.1) is 13.2 Å². The van der Waals surface area contributed by atoms with Gasteiger partial charge in [0.15, 0.2) is 0 Å². The quantitative estimate of drug-likeness (QED) is 0.400. The van der Waals surface area contributed by atoms with Crippen molar-refractivity contribution >= 4 is 11.4 Å². The van der Waals surface area contributed by atoms with Crippen LogP contribution >= 0.6 is 0 Å². The van der Waals surface area contributed by atoms with E-state index in [0.29, 0.717) is 0 Å². The van der Waals surface area contributed by atoms with E-state index in [1.807, 2.05) is 0 Å². The monoisotopic (exact) mass is 200 g/mol. The van der Waals surface area contributed by atoms with E-state index >= 15 is 0 Å². The Labute approximate surface area is 82.6 Å². The smallest absolute Gasteiger partial charge is 0.100 e. The highest BCUT2D eigenvalue weighted by Crippen LogP contribution is 2.04. The Balaban J connectivity index is 0.000000255. The van der Waals surface area contributed by atoms with Gasteiger partial charge in [-0.05, 0) is 24.3 Å². The highest BCUT2D eigenvalue weighted by atomic mass is 16.3. The molecular weight excluding hydrogens is 184 g/mol. The molecule has 0 amide bonds. The van der Waals surface area contributed by atoms with Gasteiger partial charge in [0.1, 0.15) is 6.10 Å². The molecule has 0 atom stereocenters. The van der Waals surface area contributed by atoms with Crippen LogP contribution in [0.25, 0.3) is 0 Å². The Morgan fingerprint density at radius 1 is 0.929 bits per heavy atom. The number of aliphatic hydroxyl groups is 3. The van der Waals surface area contributed by atoms with Crippen molar-refractivity contribution in [3.63, 3.8) is 0 Å². The third kappa shape index (κ3) is 6.24. The van der Waals surface area contributed by atoms with Crippen molar-refractivity contribution in [3.8, 4) is 0 Å². The number of aliphatic hydroxyl groups excluding tert-OH is 3. The predicted molar refractivity (Wildman–Crippen MR) is 55.4 cm³/mol. The Morgan fingerprint density at radius 3 is 1.36 bits per heavy atom. The molecule has 0 spiro atoms. The maximum absolute atomic E-state index is 8.17. The molecule has 80 valence electrons. The average molecular weight is 200 g/mol. The molecular formula is C9H16N2O3. The van der Waals surface area contributed by atoms with Crippen LogP contribution in [0.2, 0.25) is 0 Å². The molecule has 0 aliphatic carbocycles. The van der Waals surface area contributed by atoms with Crippen LogP contribution in [0.1, 0.15) is 0 Å². The molecule has 5 nitrogen and oxygen atoms in total. The van der Waals surface area contributed by atoms with Crippen molar-refractivity contribution < 1.29 is 15.3 Å². The lowest BCUT2D eigenvalue weighted by Gasteiger charge is -1.96. The second kappa shape index (κ2) is 7.14. The van der Waals surface area contributed by atoms with Crippen molar-refractivity contribution in [1.82, 2.24) is 0 Å². The zero-order chi connectivity index (χ0) is 11.0. The summed E-state index contributed by atoms with van der Waals surface area (Å²) in [4.78, 5) is 0. The summed E-state index contributed by atoms with van der Waals surface area (Å²) in [6, 6.07) is 7.09. The predicted octanol–water partition coefficient (Wildman–Crippen LogP) is -0.817. The van der Waals surface area contributed by atoms with E-state index in [1.165, 1.54) is 0 Å². The number of nitrogen functional groups attached to an aromatic ring is 2. The summed E-state index contributed by atoms with van der Waals surface area (Å²) in [5, 5.41) is 24.0. The lowest BCUT2D eigenvalue weighted by atomic mass is 10.3. The molecule has 0 radical (unpaired) electrons. The van der Waals surface area contributed by atoms with E-state index < -0.39 is 6.10 Å². The Morgan fingerprint density at radius 2 is 1.21 bits per heavy atom. The third-order valence-corrected chi connectivity index (χ3v) is 1.36. The molecule has 5 heteroatoms. The van der Waals surface area contributed by atoms with Crippen LogP contribution in [-0.4, -0.2) is 34.6 Å². The van der Waals surface area contributed by atoms with Crippen LogP contribution in [0.3, 0.4) is 0 Å². The van der Waals surface area contributed by atoms with Crippen LogP contribution in [0, 0.1) is 0 Å². The minimum Gasteiger partial charge on any atom is -0.399 e. The van der Waals surface area contributed by atoms with Gasteiger partial charge in [-0.25, -0.2) is 0 Å². The average Bonchev–Trinajstić information content (AvgIpc) is 2.22. The first-order valence-corrected chi connectivity index (χ1v) is 4.11. The second-order valence-electron chi connectivity index (χ2n) is 2.69. The lowest BCUT2D eigenvalue weighted by Crippen LogP contribution is -2.15. The summed E-state index contributed by atoms with van der Waals surface area (Å²) < 4.78 is 0. The van der Waals surface area contributed by atoms with Crippen molar-refractivity contribution in [2.24, 2.45) is 0 Å². The number of anilines is 2. The van der Waals surface area contributed by atoms with E-state index in [1.54, 1.807) is 24.3 Å². The van der Waals surface area contributed by atoms with Crippen molar-refractivity contribution in [1.29, 1.82) is 0 Å². The van der Waals surface area contributed by atoms with Gasteiger partial charge in [0, 0.05) is 11.4 Å². The third-order valence-electron chi connectivity index (χ3n) is 1.36. The Bertz CT molecular complexity index is 213. The number of hydrogen-bond donors (Lipinski definition) is 5.